The van der Waals surface area contributed by atoms with Crippen LogP contribution in [0.2, 0.25) is 0 Å². The Morgan fingerprint density at radius 3 is 2.61 bits per heavy atom. The van der Waals surface area contributed by atoms with Crippen LogP contribution in [0.3, 0.4) is 0 Å². The fourth-order valence-corrected chi connectivity index (χ4v) is 3.92. The molecule has 0 atom stereocenters. The van der Waals surface area contributed by atoms with E-state index in [1.807, 2.05) is 37.2 Å². The number of nitrogens with zero attached hydrogens (tertiary/aromatic N) is 3. The lowest BCUT2D eigenvalue weighted by atomic mass is 9.87. The molecule has 0 saturated heterocycles. The summed E-state index contributed by atoms with van der Waals surface area (Å²) in [6, 6.07) is 11.3. The van der Waals surface area contributed by atoms with E-state index in [1.165, 1.54) is 6.21 Å². The van der Waals surface area contributed by atoms with Gasteiger partial charge in [-0.25, -0.2) is 9.38 Å². The molecule has 162 valence electrons. The molecule has 0 spiro atoms. The van der Waals surface area contributed by atoms with E-state index >= 15 is 0 Å². The molecule has 1 fully saturated rings. The Kier molecular flexibility index (Phi) is 7.35. The Balaban J connectivity index is 1.72. The quantitative estimate of drug-likeness (QED) is 0.557. The highest BCUT2D eigenvalue weighted by molar-refractivity contribution is 5.87. The molecule has 0 radical (unpaired) electrons. The smallest absolute Gasteiger partial charge is 0.249 e. The van der Waals surface area contributed by atoms with Crippen molar-refractivity contribution >= 4 is 12.1 Å². The Morgan fingerprint density at radius 1 is 1.29 bits per heavy atom. The summed E-state index contributed by atoms with van der Waals surface area (Å²) < 4.78 is 14.3. The van der Waals surface area contributed by atoms with Gasteiger partial charge < -0.3 is 4.90 Å². The van der Waals surface area contributed by atoms with Gasteiger partial charge in [-0.15, -0.1) is 0 Å². The zero-order chi connectivity index (χ0) is 22.5. The summed E-state index contributed by atoms with van der Waals surface area (Å²) in [5, 5.41) is 9.38. The highest BCUT2D eigenvalue weighted by Gasteiger charge is 2.29. The zero-order valence-corrected chi connectivity index (χ0v) is 18.8. The lowest BCUT2D eigenvalue weighted by Gasteiger charge is -2.17. The van der Waals surface area contributed by atoms with E-state index in [0.29, 0.717) is 23.6 Å². The van der Waals surface area contributed by atoms with Crippen LogP contribution in [0.1, 0.15) is 71.9 Å². The van der Waals surface area contributed by atoms with Crippen molar-refractivity contribution in [2.24, 2.45) is 4.99 Å². The Morgan fingerprint density at radius 2 is 2.03 bits per heavy atom. The maximum atomic E-state index is 14.3. The number of hydrogen-bond acceptors (Lipinski definition) is 3. The molecule has 0 bridgehead atoms. The number of amides is 1. The Labute approximate surface area is 184 Å². The van der Waals surface area contributed by atoms with Crippen LogP contribution in [0.15, 0.2) is 35.3 Å². The Hall–Kier alpha value is -2.84. The van der Waals surface area contributed by atoms with Crippen molar-refractivity contribution in [3.8, 4) is 6.07 Å². The predicted molar refractivity (Wildman–Crippen MR) is 122 cm³/mol. The summed E-state index contributed by atoms with van der Waals surface area (Å²) in [5.74, 6) is 0.140. The molecule has 3 rings (SSSR count). The molecular formula is C26H30FN3O. The number of carbonyl (C=O) groups excluding carboxylic acids is 1. The molecule has 0 unspecified atom stereocenters. The molecule has 1 aliphatic carbocycles. The molecule has 31 heavy (non-hydrogen) atoms. The van der Waals surface area contributed by atoms with Gasteiger partial charge in [-0.3, -0.25) is 4.79 Å². The largest absolute Gasteiger partial charge is 0.305 e. The van der Waals surface area contributed by atoms with E-state index < -0.39 is 0 Å². The predicted octanol–water partition coefficient (Wildman–Crippen LogP) is 5.14. The van der Waals surface area contributed by atoms with Crippen LogP contribution in [0.5, 0.6) is 0 Å². The minimum atomic E-state index is -0.275. The molecule has 0 aromatic heterocycles. The second-order valence-electron chi connectivity index (χ2n) is 8.92. The van der Waals surface area contributed by atoms with Gasteiger partial charge in [-0.05, 0) is 84.8 Å². The topological polar surface area (TPSA) is 56.5 Å². The van der Waals surface area contributed by atoms with Crippen LogP contribution < -0.4 is 0 Å². The van der Waals surface area contributed by atoms with Crippen LogP contribution in [0.25, 0.3) is 0 Å². The maximum Gasteiger partial charge on any atom is 0.249 e. The minimum absolute atomic E-state index is 0.214. The van der Waals surface area contributed by atoms with Gasteiger partial charge in [0.25, 0.3) is 0 Å². The lowest BCUT2D eigenvalue weighted by molar-refractivity contribution is -0.117. The first-order valence-corrected chi connectivity index (χ1v) is 10.8. The van der Waals surface area contributed by atoms with E-state index in [2.05, 4.69) is 24.9 Å². The van der Waals surface area contributed by atoms with Crippen molar-refractivity contribution in [2.45, 2.75) is 57.9 Å². The third kappa shape index (κ3) is 6.08. The van der Waals surface area contributed by atoms with Gasteiger partial charge in [0, 0.05) is 19.2 Å². The van der Waals surface area contributed by atoms with Crippen molar-refractivity contribution in [2.75, 3.05) is 14.1 Å². The van der Waals surface area contributed by atoms with Crippen LogP contribution in [0, 0.1) is 17.1 Å². The van der Waals surface area contributed by atoms with E-state index in [4.69, 9.17) is 0 Å². The normalized spacial score (nSPS) is 13.9. The van der Waals surface area contributed by atoms with Crippen LogP contribution >= 0.6 is 0 Å². The maximum absolute atomic E-state index is 14.3. The number of hydrogen-bond donors (Lipinski definition) is 0. The van der Waals surface area contributed by atoms with Crippen LogP contribution in [0.4, 0.5) is 4.39 Å². The molecule has 1 saturated carbocycles. The van der Waals surface area contributed by atoms with Crippen molar-refractivity contribution in [3.05, 3.63) is 69.5 Å². The monoisotopic (exact) mass is 419 g/mol. The molecule has 1 aliphatic rings. The summed E-state index contributed by atoms with van der Waals surface area (Å²) >= 11 is 0. The average molecular weight is 420 g/mol. The van der Waals surface area contributed by atoms with E-state index in [0.717, 1.165) is 35.1 Å². The van der Waals surface area contributed by atoms with Gasteiger partial charge in [-0.1, -0.05) is 26.0 Å². The second-order valence-corrected chi connectivity index (χ2v) is 8.92. The average Bonchev–Trinajstić information content (AvgIpc) is 3.54. The SMILES string of the molecule is CC(C)c1cc(C#N)cc(C2CC2)c1CC(=O)/N=C/Cc1ccc(CN(C)C)cc1F. The first-order chi connectivity index (χ1) is 14.8. The van der Waals surface area contributed by atoms with Crippen molar-refractivity contribution < 1.29 is 9.18 Å². The van der Waals surface area contributed by atoms with Crippen LogP contribution in [-0.4, -0.2) is 31.1 Å². The van der Waals surface area contributed by atoms with Gasteiger partial charge in [0.2, 0.25) is 5.91 Å². The third-order valence-corrected chi connectivity index (χ3v) is 5.58. The Bertz CT molecular complexity index is 1010. The molecule has 4 nitrogen and oxygen atoms in total. The highest BCUT2D eigenvalue weighted by Crippen LogP contribution is 2.44. The molecule has 0 N–H and O–H groups in total. The first-order valence-electron chi connectivity index (χ1n) is 10.8. The highest BCUT2D eigenvalue weighted by atomic mass is 19.1. The van der Waals surface area contributed by atoms with Gasteiger partial charge in [0.05, 0.1) is 18.1 Å². The molecule has 0 heterocycles. The number of nitriles is 1. The molecule has 2 aromatic carbocycles. The van der Waals surface area contributed by atoms with Crippen molar-refractivity contribution in [1.82, 2.24) is 4.90 Å². The van der Waals surface area contributed by atoms with E-state index in [-0.39, 0.29) is 30.5 Å². The van der Waals surface area contributed by atoms with E-state index in [1.54, 1.807) is 12.1 Å². The summed E-state index contributed by atoms with van der Waals surface area (Å²) in [6.07, 6.45) is 4.19. The third-order valence-electron chi connectivity index (χ3n) is 5.58. The number of carbonyl (C=O) groups is 1. The summed E-state index contributed by atoms with van der Waals surface area (Å²) in [5.41, 5.74) is 5.27. The van der Waals surface area contributed by atoms with Gasteiger partial charge >= 0.3 is 0 Å². The number of benzene rings is 2. The standard InChI is InChI=1S/C26H30FN3O/c1-17(2)22-11-19(15-28)12-23(20-7-8-20)24(22)14-26(31)29-10-9-21-6-5-18(13-25(21)27)16-30(3)4/h5-6,10-13,17,20H,7-9,14,16H2,1-4H3/b29-10+. The minimum Gasteiger partial charge on any atom is -0.305 e. The number of aliphatic imine (C=N–C) groups is 1. The molecule has 5 heteroatoms. The summed E-state index contributed by atoms with van der Waals surface area (Å²) in [6.45, 7) is 4.83. The van der Waals surface area contributed by atoms with Gasteiger partial charge in [-0.2, -0.15) is 5.26 Å². The molecular weight excluding hydrogens is 389 g/mol. The molecule has 1 amide bonds. The van der Waals surface area contributed by atoms with Crippen LogP contribution in [-0.2, 0) is 24.2 Å². The van der Waals surface area contributed by atoms with Crippen molar-refractivity contribution in [3.63, 3.8) is 0 Å². The summed E-state index contributed by atoms with van der Waals surface area (Å²) in [4.78, 5) is 18.7. The zero-order valence-electron chi connectivity index (χ0n) is 18.8. The van der Waals surface area contributed by atoms with E-state index in [9.17, 15) is 14.4 Å². The fourth-order valence-electron chi connectivity index (χ4n) is 3.92. The summed E-state index contributed by atoms with van der Waals surface area (Å²) in [7, 11) is 3.88. The first kappa shape index (κ1) is 22.8. The van der Waals surface area contributed by atoms with Gasteiger partial charge in [0.15, 0.2) is 0 Å². The van der Waals surface area contributed by atoms with Crippen molar-refractivity contribution in [1.29, 1.82) is 5.26 Å². The fraction of sp³-hybridized carbons (Fsp3) is 0.423. The second kappa shape index (κ2) is 9.98. The molecule has 0 aliphatic heterocycles. The van der Waals surface area contributed by atoms with Gasteiger partial charge in [0.1, 0.15) is 5.82 Å². The molecule has 2 aromatic rings. The number of rotatable bonds is 8. The lowest BCUT2D eigenvalue weighted by Crippen LogP contribution is -2.11. The number of halogens is 1.